The predicted octanol–water partition coefficient (Wildman–Crippen LogP) is 3.70. The Kier molecular flexibility index (Phi) is 11.2. The van der Waals surface area contributed by atoms with Crippen molar-refractivity contribution in [1.82, 2.24) is 25.2 Å². The van der Waals surface area contributed by atoms with Gasteiger partial charge in [0, 0.05) is 41.8 Å². The van der Waals surface area contributed by atoms with E-state index in [9.17, 15) is 32.4 Å². The normalized spacial score (nSPS) is 25.9. The molecule has 1 aromatic heterocycles. The van der Waals surface area contributed by atoms with E-state index < -0.39 is 86.5 Å². The molecule has 3 fully saturated rings. The fourth-order valence-corrected chi connectivity index (χ4v) is 8.90. The van der Waals surface area contributed by atoms with Crippen LogP contribution in [0.3, 0.4) is 0 Å². The van der Waals surface area contributed by atoms with E-state index >= 15 is 0 Å². The summed E-state index contributed by atoms with van der Waals surface area (Å²) in [7, 11) is -2.39. The summed E-state index contributed by atoms with van der Waals surface area (Å²) < 4.78 is 45.7. The maximum Gasteiger partial charge on any atom is 0.308 e. The van der Waals surface area contributed by atoms with Gasteiger partial charge in [-0.1, -0.05) is 42.5 Å². The third-order valence-corrected chi connectivity index (χ3v) is 12.5. The zero-order valence-electron chi connectivity index (χ0n) is 33.0. The quantitative estimate of drug-likeness (QED) is 0.210. The average molecular weight is 816 g/mol. The van der Waals surface area contributed by atoms with Crippen LogP contribution < -0.4 is 24.8 Å². The maximum atomic E-state index is 14.6. The van der Waals surface area contributed by atoms with Crippen LogP contribution in [0.25, 0.3) is 22.2 Å². The van der Waals surface area contributed by atoms with Gasteiger partial charge in [-0.3, -0.25) is 28.7 Å². The number of amides is 4. The van der Waals surface area contributed by atoms with Gasteiger partial charge >= 0.3 is 5.97 Å². The van der Waals surface area contributed by atoms with Crippen LogP contribution in [0.1, 0.15) is 72.1 Å². The summed E-state index contributed by atoms with van der Waals surface area (Å²) in [5.74, 6) is -2.97. The molecule has 7 rings (SSSR count). The molecular weight excluding hydrogens is 767 g/mol. The lowest BCUT2D eigenvalue weighted by atomic mass is 10.1. The molecule has 4 aliphatic rings. The van der Waals surface area contributed by atoms with Crippen LogP contribution in [0.4, 0.5) is 0 Å². The number of hydrogen-bond acceptors (Lipinski definition) is 11. The van der Waals surface area contributed by atoms with Crippen molar-refractivity contribution in [2.75, 3.05) is 13.7 Å². The molecule has 0 radical (unpaired) electrons. The van der Waals surface area contributed by atoms with Gasteiger partial charge in [0.05, 0.1) is 36.5 Å². The molecule has 4 amide bonds. The fourth-order valence-electron chi connectivity index (χ4n) is 7.54. The molecule has 0 bridgehead atoms. The van der Waals surface area contributed by atoms with E-state index in [0.717, 1.165) is 5.56 Å². The molecule has 2 aliphatic heterocycles. The van der Waals surface area contributed by atoms with Gasteiger partial charge < -0.3 is 29.7 Å². The Hall–Kier alpha value is -5.51. The molecule has 3 N–H and O–H groups in total. The monoisotopic (exact) mass is 815 g/mol. The minimum absolute atomic E-state index is 0.0361. The summed E-state index contributed by atoms with van der Waals surface area (Å²) in [5.41, 5.74) is -0.436. The SMILES string of the molecule is COc1ccc2c(O[C@@H]3C[C@H]4C(=O)N[C@]5(C(=O)NS(=O)(=O)C6CC6)C[C@H]5/C=C\CCCC(=O)N[C@@H](CC(=O)OC(C)(C)C)C(=O)N4C3)cc(-c3ccccc3)nc2c1. The van der Waals surface area contributed by atoms with Crippen LogP contribution in [0.2, 0.25) is 0 Å². The number of allylic oxidation sites excluding steroid dienone is 1. The maximum absolute atomic E-state index is 14.6. The highest BCUT2D eigenvalue weighted by Crippen LogP contribution is 2.46. The smallest absolute Gasteiger partial charge is 0.308 e. The first-order valence-corrected chi connectivity index (χ1v) is 21.2. The number of benzene rings is 2. The third-order valence-electron chi connectivity index (χ3n) is 10.7. The lowest BCUT2D eigenvalue weighted by Crippen LogP contribution is -2.58. The van der Waals surface area contributed by atoms with E-state index in [2.05, 4.69) is 15.4 Å². The summed E-state index contributed by atoms with van der Waals surface area (Å²) in [6.45, 7) is 4.93. The first kappa shape index (κ1) is 40.7. The number of rotatable bonds is 9. The second-order valence-electron chi connectivity index (χ2n) is 16.4. The molecule has 58 heavy (non-hydrogen) atoms. The summed E-state index contributed by atoms with van der Waals surface area (Å²) in [4.78, 5) is 75.5. The van der Waals surface area contributed by atoms with Crippen molar-refractivity contribution in [3.63, 3.8) is 0 Å². The van der Waals surface area contributed by atoms with Gasteiger partial charge in [-0.25, -0.2) is 13.4 Å². The highest BCUT2D eigenvalue weighted by Gasteiger charge is 2.62. The van der Waals surface area contributed by atoms with E-state index in [4.69, 9.17) is 19.2 Å². The number of aromatic nitrogens is 1. The van der Waals surface area contributed by atoms with E-state index in [1.807, 2.05) is 36.4 Å². The van der Waals surface area contributed by atoms with Crippen LogP contribution in [-0.2, 0) is 38.7 Å². The number of fused-ring (bicyclic) bond motifs is 3. The number of nitrogens with zero attached hydrogens (tertiary/aromatic N) is 2. The van der Waals surface area contributed by atoms with Crippen molar-refractivity contribution in [2.45, 2.75) is 107 Å². The van der Waals surface area contributed by atoms with Crippen molar-refractivity contribution < 1.29 is 46.6 Å². The van der Waals surface area contributed by atoms with Gasteiger partial charge in [-0.15, -0.1) is 0 Å². The molecular formula is C42H49N5O10S. The summed E-state index contributed by atoms with van der Waals surface area (Å²) in [6, 6.07) is 14.0. The molecule has 16 heteroatoms. The third kappa shape index (κ3) is 9.11. The number of esters is 1. The van der Waals surface area contributed by atoms with E-state index in [-0.39, 0.29) is 25.8 Å². The molecule has 1 saturated heterocycles. The van der Waals surface area contributed by atoms with Gasteiger partial charge in [0.15, 0.2) is 0 Å². The number of hydrogen-bond donors (Lipinski definition) is 3. The first-order valence-electron chi connectivity index (χ1n) is 19.6. The Bertz CT molecular complexity index is 2250. The van der Waals surface area contributed by atoms with Crippen molar-refractivity contribution in [3.05, 3.63) is 66.7 Å². The molecule has 3 heterocycles. The number of carbonyl (C=O) groups is 5. The zero-order valence-corrected chi connectivity index (χ0v) is 33.8. The van der Waals surface area contributed by atoms with Crippen molar-refractivity contribution in [3.8, 4) is 22.8 Å². The number of carbonyl (C=O) groups excluding carboxylic acids is 5. The minimum atomic E-state index is -3.95. The average Bonchev–Trinajstić information content (AvgIpc) is 4.10. The van der Waals surface area contributed by atoms with Gasteiger partial charge in [-0.2, -0.15) is 0 Å². The van der Waals surface area contributed by atoms with Crippen LogP contribution in [0, 0.1) is 5.92 Å². The molecule has 15 nitrogen and oxygen atoms in total. The molecule has 2 saturated carbocycles. The fraction of sp³-hybridized carbons (Fsp3) is 0.476. The summed E-state index contributed by atoms with van der Waals surface area (Å²) >= 11 is 0. The molecule has 0 unspecified atom stereocenters. The number of methoxy groups -OCH3 is 1. The number of ether oxygens (including phenoxy) is 3. The van der Waals surface area contributed by atoms with E-state index in [1.165, 1.54) is 4.90 Å². The molecule has 2 aliphatic carbocycles. The van der Waals surface area contributed by atoms with Gasteiger partial charge in [-0.05, 0) is 65.0 Å². The Morgan fingerprint density at radius 1 is 1.05 bits per heavy atom. The van der Waals surface area contributed by atoms with E-state index in [1.54, 1.807) is 58.2 Å². The van der Waals surface area contributed by atoms with Gasteiger partial charge in [0.1, 0.15) is 40.8 Å². The lowest BCUT2D eigenvalue weighted by Gasteiger charge is -2.30. The number of pyridine rings is 1. The van der Waals surface area contributed by atoms with Gasteiger partial charge in [0.2, 0.25) is 27.7 Å². The Labute approximate surface area is 337 Å². The van der Waals surface area contributed by atoms with Crippen molar-refractivity contribution in [2.24, 2.45) is 5.92 Å². The molecule has 3 aromatic rings. The topological polar surface area (TPSA) is 199 Å². The second-order valence-corrected chi connectivity index (χ2v) is 18.4. The lowest BCUT2D eigenvalue weighted by molar-refractivity contribution is -0.157. The Morgan fingerprint density at radius 2 is 1.81 bits per heavy atom. The van der Waals surface area contributed by atoms with Crippen LogP contribution in [0.5, 0.6) is 11.5 Å². The molecule has 308 valence electrons. The highest BCUT2D eigenvalue weighted by atomic mass is 32.2. The van der Waals surface area contributed by atoms with Crippen LogP contribution in [-0.4, -0.2) is 96.1 Å². The Morgan fingerprint density at radius 3 is 2.52 bits per heavy atom. The summed E-state index contributed by atoms with van der Waals surface area (Å²) in [5, 5.41) is 5.54. The first-order chi connectivity index (χ1) is 27.5. The second kappa shape index (κ2) is 16.0. The zero-order chi connectivity index (χ0) is 41.4. The predicted molar refractivity (Wildman–Crippen MR) is 213 cm³/mol. The molecule has 5 atom stereocenters. The van der Waals surface area contributed by atoms with Crippen LogP contribution >= 0.6 is 0 Å². The van der Waals surface area contributed by atoms with E-state index in [0.29, 0.717) is 53.8 Å². The van der Waals surface area contributed by atoms with Gasteiger partial charge in [0.25, 0.3) is 5.91 Å². The number of sulfonamides is 1. The Balaban J connectivity index is 1.24. The molecule has 0 spiro atoms. The minimum Gasteiger partial charge on any atom is -0.497 e. The largest absolute Gasteiger partial charge is 0.497 e. The summed E-state index contributed by atoms with van der Waals surface area (Å²) in [6.07, 6.45) is 4.11. The highest BCUT2D eigenvalue weighted by molar-refractivity contribution is 7.91. The van der Waals surface area contributed by atoms with Crippen LogP contribution in [0.15, 0.2) is 66.7 Å². The van der Waals surface area contributed by atoms with Crippen molar-refractivity contribution >= 4 is 50.5 Å². The van der Waals surface area contributed by atoms with Crippen molar-refractivity contribution in [1.29, 1.82) is 0 Å². The number of nitrogens with one attached hydrogen (secondary N) is 3. The standard InChI is InChI=1S/C42H49N5O10S/c1-41(2,3)57-37(49)22-33-39(51)47-24-28(56-35-21-31(25-11-7-5-8-12-25)43-32-19-27(55-4)15-18-30(32)35)20-34(47)38(50)45-42(40(52)46-58(53,54)29-16-17-29)23-26(42)13-9-6-10-14-36(48)44-33/h5,7-9,11-13,15,18-19,21,26,28-29,33-34H,6,10,14,16-17,20,22-24H2,1-4H3,(H,44,48)(H,45,50)(H,46,52)/b13-9-/t26-,28-,33+,34+,42-/m1/s1. The molecule has 2 aromatic carbocycles.